The number of ether oxygens (including phenoxy) is 1. The van der Waals surface area contributed by atoms with Crippen LogP contribution in [0.25, 0.3) is 5.65 Å². The van der Waals surface area contributed by atoms with Crippen molar-refractivity contribution in [1.82, 2.24) is 19.5 Å². The summed E-state index contributed by atoms with van der Waals surface area (Å²) in [6, 6.07) is 9.86. The van der Waals surface area contributed by atoms with Crippen LogP contribution in [0, 0.1) is 19.8 Å². The van der Waals surface area contributed by atoms with Crippen LogP contribution in [-0.2, 0) is 17.6 Å². The van der Waals surface area contributed by atoms with Crippen LogP contribution in [0.1, 0.15) is 48.7 Å². The minimum atomic E-state index is -0.184. The number of aromatic amines is 1. The lowest BCUT2D eigenvalue weighted by Crippen LogP contribution is -2.39. The molecule has 170 valence electrons. The van der Waals surface area contributed by atoms with Gasteiger partial charge in [0.2, 0.25) is 5.91 Å². The zero-order valence-electron chi connectivity index (χ0n) is 19.2. The van der Waals surface area contributed by atoms with E-state index < -0.39 is 0 Å². The van der Waals surface area contributed by atoms with Gasteiger partial charge in [-0.15, -0.1) is 0 Å². The van der Waals surface area contributed by atoms with E-state index in [1.165, 1.54) is 11.6 Å². The minimum absolute atomic E-state index is 0.136. The highest BCUT2D eigenvalue weighted by atomic mass is 16.5. The second-order valence-corrected chi connectivity index (χ2v) is 8.69. The van der Waals surface area contributed by atoms with Gasteiger partial charge in [-0.25, -0.2) is 9.50 Å². The Morgan fingerprint density at radius 1 is 1.19 bits per heavy atom. The molecule has 0 aliphatic carbocycles. The van der Waals surface area contributed by atoms with E-state index in [9.17, 15) is 9.59 Å². The number of carbonyl (C=O) groups excluding carboxylic acids is 1. The van der Waals surface area contributed by atoms with Gasteiger partial charge in [0.05, 0.1) is 13.0 Å². The number of aryl methyl sites for hydroxylation is 3. The zero-order chi connectivity index (χ0) is 22.7. The fourth-order valence-corrected chi connectivity index (χ4v) is 4.64. The van der Waals surface area contributed by atoms with Gasteiger partial charge in [0.15, 0.2) is 5.65 Å². The summed E-state index contributed by atoms with van der Waals surface area (Å²) in [7, 11) is 0. The van der Waals surface area contributed by atoms with Crippen LogP contribution in [0.15, 0.2) is 35.1 Å². The number of rotatable bonds is 7. The number of hydrogen-bond acceptors (Lipinski definition) is 4. The molecule has 1 aromatic carbocycles. The number of amides is 1. The first-order chi connectivity index (χ1) is 15.4. The van der Waals surface area contributed by atoms with Crippen LogP contribution in [-0.4, -0.2) is 45.1 Å². The maximum absolute atomic E-state index is 13.0. The quantitative estimate of drug-likeness (QED) is 0.615. The van der Waals surface area contributed by atoms with Crippen molar-refractivity contribution < 1.29 is 9.53 Å². The number of piperidine rings is 1. The average Bonchev–Trinajstić information content (AvgIpc) is 3.17. The lowest BCUT2D eigenvalue weighted by atomic mass is 9.90. The van der Waals surface area contributed by atoms with Gasteiger partial charge in [0, 0.05) is 36.1 Å². The second-order valence-electron chi connectivity index (χ2n) is 8.69. The molecular weight excluding hydrogens is 404 g/mol. The van der Waals surface area contributed by atoms with Crippen LogP contribution in [0.4, 0.5) is 0 Å². The topological polar surface area (TPSA) is 79.7 Å². The molecule has 2 aromatic heterocycles. The fraction of sp³-hybridized carbons (Fsp3) is 0.480. The Bertz CT molecular complexity index is 1140. The van der Waals surface area contributed by atoms with Crippen LogP contribution >= 0.6 is 0 Å². The van der Waals surface area contributed by atoms with E-state index in [1.54, 1.807) is 4.52 Å². The number of benzene rings is 1. The normalized spacial score (nSPS) is 14.8. The first-order valence-electron chi connectivity index (χ1n) is 11.5. The highest BCUT2D eigenvalue weighted by Gasteiger charge is 2.24. The standard InChI is InChI=1S/C25H32N4O3/c1-4-32-21-9-7-19(8-10-21)5-6-20-11-13-28(14-12-20)25(31)15-22-17(2)26-23-16-24(30)27-29(23)18(22)3/h7-10,16,20H,4-6,11-15H2,1-3H3,(H,27,30). The maximum atomic E-state index is 13.0. The molecule has 1 fully saturated rings. The van der Waals surface area contributed by atoms with Crippen LogP contribution < -0.4 is 10.3 Å². The summed E-state index contributed by atoms with van der Waals surface area (Å²) in [5.41, 5.74) is 4.31. The summed E-state index contributed by atoms with van der Waals surface area (Å²) in [6.45, 7) is 8.12. The molecule has 0 radical (unpaired) electrons. The Morgan fingerprint density at radius 3 is 2.59 bits per heavy atom. The van der Waals surface area contributed by atoms with Gasteiger partial charge in [-0.1, -0.05) is 12.1 Å². The molecule has 1 amide bonds. The van der Waals surface area contributed by atoms with Crippen molar-refractivity contribution in [3.8, 4) is 5.75 Å². The van der Waals surface area contributed by atoms with E-state index in [0.717, 1.165) is 61.5 Å². The van der Waals surface area contributed by atoms with Crippen LogP contribution in [0.2, 0.25) is 0 Å². The number of H-pyrrole nitrogens is 1. The van der Waals surface area contributed by atoms with Crippen molar-refractivity contribution >= 4 is 11.6 Å². The van der Waals surface area contributed by atoms with Gasteiger partial charge in [-0.3, -0.25) is 14.7 Å². The molecule has 0 spiro atoms. The molecule has 1 aliphatic heterocycles. The second kappa shape index (κ2) is 9.59. The molecule has 7 nitrogen and oxygen atoms in total. The van der Waals surface area contributed by atoms with E-state index in [-0.39, 0.29) is 11.5 Å². The number of nitrogens with one attached hydrogen (secondary N) is 1. The number of hydrogen-bond donors (Lipinski definition) is 1. The summed E-state index contributed by atoms with van der Waals surface area (Å²) in [6.07, 6.45) is 4.61. The van der Waals surface area contributed by atoms with Crippen molar-refractivity contribution in [3.63, 3.8) is 0 Å². The number of carbonyl (C=O) groups is 1. The van der Waals surface area contributed by atoms with Crippen molar-refractivity contribution in [2.75, 3.05) is 19.7 Å². The molecule has 32 heavy (non-hydrogen) atoms. The Kier molecular flexibility index (Phi) is 6.63. The zero-order valence-corrected chi connectivity index (χ0v) is 19.2. The smallest absolute Gasteiger partial charge is 0.266 e. The summed E-state index contributed by atoms with van der Waals surface area (Å²) in [5.74, 6) is 1.71. The lowest BCUT2D eigenvalue weighted by Gasteiger charge is -2.32. The van der Waals surface area contributed by atoms with E-state index >= 15 is 0 Å². The fourth-order valence-electron chi connectivity index (χ4n) is 4.64. The third-order valence-electron chi connectivity index (χ3n) is 6.57. The predicted molar refractivity (Wildman–Crippen MR) is 124 cm³/mol. The third kappa shape index (κ3) is 4.87. The monoisotopic (exact) mass is 436 g/mol. The molecule has 1 aliphatic rings. The molecule has 7 heteroatoms. The van der Waals surface area contributed by atoms with Crippen molar-refractivity contribution in [1.29, 1.82) is 0 Å². The minimum Gasteiger partial charge on any atom is -0.494 e. The van der Waals surface area contributed by atoms with Gasteiger partial charge in [0.25, 0.3) is 5.56 Å². The molecule has 0 bridgehead atoms. The largest absolute Gasteiger partial charge is 0.494 e. The lowest BCUT2D eigenvalue weighted by molar-refractivity contribution is -0.131. The highest BCUT2D eigenvalue weighted by Crippen LogP contribution is 2.24. The van der Waals surface area contributed by atoms with Gasteiger partial charge >= 0.3 is 0 Å². The van der Waals surface area contributed by atoms with Gasteiger partial charge in [-0.2, -0.15) is 0 Å². The molecular formula is C25H32N4O3. The summed E-state index contributed by atoms with van der Waals surface area (Å²) < 4.78 is 7.18. The van der Waals surface area contributed by atoms with Crippen molar-refractivity contribution in [2.24, 2.45) is 5.92 Å². The summed E-state index contributed by atoms with van der Waals surface area (Å²) in [5, 5.41) is 2.76. The molecule has 4 rings (SSSR count). The molecule has 1 saturated heterocycles. The Hall–Kier alpha value is -3.09. The predicted octanol–water partition coefficient (Wildman–Crippen LogP) is 3.45. The molecule has 0 unspecified atom stereocenters. The molecule has 0 atom stereocenters. The first kappa shape index (κ1) is 22.1. The van der Waals surface area contributed by atoms with E-state index in [1.807, 2.05) is 37.8 Å². The van der Waals surface area contributed by atoms with Gasteiger partial charge in [-0.05, 0) is 70.1 Å². The summed E-state index contributed by atoms with van der Waals surface area (Å²) in [4.78, 5) is 31.1. The van der Waals surface area contributed by atoms with E-state index in [2.05, 4.69) is 22.2 Å². The molecule has 3 heterocycles. The van der Waals surface area contributed by atoms with Gasteiger partial charge in [0.1, 0.15) is 5.75 Å². The highest BCUT2D eigenvalue weighted by molar-refractivity contribution is 5.79. The molecule has 3 aromatic rings. The number of nitrogens with zero attached hydrogens (tertiary/aromatic N) is 3. The third-order valence-corrected chi connectivity index (χ3v) is 6.57. The first-order valence-corrected chi connectivity index (χ1v) is 11.5. The SMILES string of the molecule is CCOc1ccc(CCC2CCN(C(=O)Cc3c(C)nc4cc(=O)[nH]n4c3C)CC2)cc1. The Balaban J connectivity index is 1.30. The number of aromatic nitrogens is 3. The van der Waals surface area contributed by atoms with E-state index in [4.69, 9.17) is 4.74 Å². The molecule has 1 N–H and O–H groups in total. The number of likely N-dealkylation sites (tertiary alicyclic amines) is 1. The number of fused-ring (bicyclic) bond motifs is 1. The Morgan fingerprint density at radius 2 is 1.91 bits per heavy atom. The van der Waals surface area contributed by atoms with E-state index in [0.29, 0.717) is 24.6 Å². The van der Waals surface area contributed by atoms with Crippen molar-refractivity contribution in [3.05, 3.63) is 63.2 Å². The van der Waals surface area contributed by atoms with Crippen molar-refractivity contribution in [2.45, 2.75) is 52.9 Å². The van der Waals surface area contributed by atoms with Crippen LogP contribution in [0.5, 0.6) is 5.75 Å². The maximum Gasteiger partial charge on any atom is 0.266 e. The molecule has 0 saturated carbocycles. The summed E-state index contributed by atoms with van der Waals surface area (Å²) >= 11 is 0. The van der Waals surface area contributed by atoms with Gasteiger partial charge < -0.3 is 9.64 Å². The van der Waals surface area contributed by atoms with Crippen LogP contribution in [0.3, 0.4) is 0 Å². The average molecular weight is 437 g/mol. The Labute approximate surface area is 188 Å².